The predicted octanol–water partition coefficient (Wildman–Crippen LogP) is 2.29. The largest absolute Gasteiger partial charge is 0.508 e. The Hall–Kier alpha value is -1.55. The lowest BCUT2D eigenvalue weighted by molar-refractivity contribution is -0.119. The number of phenolic OH excluding ortho intramolecular Hbond substituents is 1. The fourth-order valence-electron chi connectivity index (χ4n) is 1.93. The Morgan fingerprint density at radius 1 is 1.35 bits per heavy atom. The number of phenols is 1. The minimum atomic E-state index is -0.0393. The first kappa shape index (κ1) is 11.9. The second-order valence-electron chi connectivity index (χ2n) is 4.29. The van der Waals surface area contributed by atoms with Crippen LogP contribution in [-0.4, -0.2) is 23.7 Å². The summed E-state index contributed by atoms with van der Waals surface area (Å²) in [7, 11) is 0. The van der Waals surface area contributed by atoms with Crippen molar-refractivity contribution in [3.8, 4) is 5.75 Å². The van der Waals surface area contributed by atoms with E-state index in [4.69, 9.17) is 9.84 Å². The molecule has 1 aromatic rings. The number of amides is 1. The number of hydrogen-bond acceptors (Lipinski definition) is 3. The van der Waals surface area contributed by atoms with E-state index in [1.807, 2.05) is 0 Å². The molecule has 4 nitrogen and oxygen atoms in total. The molecule has 2 rings (SSSR count). The zero-order valence-electron chi connectivity index (χ0n) is 9.69. The van der Waals surface area contributed by atoms with Crippen LogP contribution in [0.1, 0.15) is 25.7 Å². The number of ether oxygens (including phenoxy) is 1. The van der Waals surface area contributed by atoms with Crippen molar-refractivity contribution in [2.24, 2.45) is 0 Å². The lowest BCUT2D eigenvalue weighted by Crippen LogP contribution is -2.25. The predicted molar refractivity (Wildman–Crippen MR) is 64.9 cm³/mol. The van der Waals surface area contributed by atoms with Gasteiger partial charge < -0.3 is 15.2 Å². The minimum absolute atomic E-state index is 0.0393. The van der Waals surface area contributed by atoms with Crippen LogP contribution in [-0.2, 0) is 9.53 Å². The van der Waals surface area contributed by atoms with Crippen LogP contribution < -0.4 is 5.32 Å². The summed E-state index contributed by atoms with van der Waals surface area (Å²) in [6.07, 6.45) is 3.65. The number of carbonyl (C=O) groups is 1. The molecule has 1 amide bonds. The summed E-state index contributed by atoms with van der Waals surface area (Å²) in [4.78, 5) is 11.7. The van der Waals surface area contributed by atoms with E-state index in [-0.39, 0.29) is 17.8 Å². The van der Waals surface area contributed by atoms with Crippen molar-refractivity contribution in [1.82, 2.24) is 0 Å². The third-order valence-corrected chi connectivity index (χ3v) is 2.84. The molecule has 0 radical (unpaired) electrons. The maximum Gasteiger partial charge on any atom is 0.226 e. The number of aromatic hydroxyl groups is 1. The minimum Gasteiger partial charge on any atom is -0.508 e. The van der Waals surface area contributed by atoms with Gasteiger partial charge in [-0.25, -0.2) is 0 Å². The third kappa shape index (κ3) is 3.75. The molecule has 0 bridgehead atoms. The van der Waals surface area contributed by atoms with Crippen LogP contribution in [0.4, 0.5) is 5.69 Å². The quantitative estimate of drug-likeness (QED) is 0.790. The second kappa shape index (κ2) is 5.68. The number of carbonyl (C=O) groups excluding carboxylic acids is 1. The van der Waals surface area contributed by atoms with E-state index in [0.29, 0.717) is 12.1 Å². The fraction of sp³-hybridized carbons (Fsp3) is 0.462. The van der Waals surface area contributed by atoms with Gasteiger partial charge in [-0.1, -0.05) is 0 Å². The molecule has 0 saturated carbocycles. The van der Waals surface area contributed by atoms with Gasteiger partial charge >= 0.3 is 0 Å². The number of nitrogens with one attached hydrogen (secondary N) is 1. The van der Waals surface area contributed by atoms with E-state index in [2.05, 4.69) is 5.32 Å². The van der Waals surface area contributed by atoms with Crippen LogP contribution in [0.25, 0.3) is 0 Å². The molecular weight excluding hydrogens is 218 g/mol. The maximum atomic E-state index is 11.7. The normalized spacial score (nSPS) is 19.9. The molecule has 1 atom stereocenters. The maximum absolute atomic E-state index is 11.7. The molecule has 4 heteroatoms. The molecule has 1 saturated heterocycles. The second-order valence-corrected chi connectivity index (χ2v) is 4.29. The number of rotatable bonds is 3. The standard InChI is InChI=1S/C13H17NO3/c15-11-6-4-10(5-7-11)14-13(16)9-12-3-1-2-8-17-12/h4-7,12,15H,1-3,8-9H2,(H,14,16). The summed E-state index contributed by atoms with van der Waals surface area (Å²) >= 11 is 0. The van der Waals surface area contributed by atoms with E-state index in [9.17, 15) is 4.79 Å². The van der Waals surface area contributed by atoms with Crippen LogP contribution in [0.2, 0.25) is 0 Å². The zero-order chi connectivity index (χ0) is 12.1. The van der Waals surface area contributed by atoms with Gasteiger partial charge in [0, 0.05) is 12.3 Å². The highest BCUT2D eigenvalue weighted by Gasteiger charge is 2.17. The number of hydrogen-bond donors (Lipinski definition) is 2. The lowest BCUT2D eigenvalue weighted by atomic mass is 10.1. The van der Waals surface area contributed by atoms with E-state index < -0.39 is 0 Å². The summed E-state index contributed by atoms with van der Waals surface area (Å²) in [6, 6.07) is 6.45. The van der Waals surface area contributed by atoms with Crippen LogP contribution in [0.5, 0.6) is 5.75 Å². The van der Waals surface area contributed by atoms with Gasteiger partial charge in [0.1, 0.15) is 5.75 Å². The molecule has 1 unspecified atom stereocenters. The van der Waals surface area contributed by atoms with Gasteiger partial charge in [-0.05, 0) is 43.5 Å². The summed E-state index contributed by atoms with van der Waals surface area (Å²) in [5.74, 6) is 0.154. The van der Waals surface area contributed by atoms with E-state index >= 15 is 0 Å². The molecule has 17 heavy (non-hydrogen) atoms. The average molecular weight is 235 g/mol. The first-order valence-corrected chi connectivity index (χ1v) is 5.94. The topological polar surface area (TPSA) is 58.6 Å². The highest BCUT2D eigenvalue weighted by atomic mass is 16.5. The Balaban J connectivity index is 1.82. The molecule has 0 aliphatic carbocycles. The Morgan fingerprint density at radius 2 is 2.12 bits per heavy atom. The summed E-state index contributed by atoms with van der Waals surface area (Å²) in [5.41, 5.74) is 0.698. The van der Waals surface area contributed by atoms with Crippen molar-refractivity contribution in [2.75, 3.05) is 11.9 Å². The summed E-state index contributed by atoms with van der Waals surface area (Å²) in [6.45, 7) is 0.761. The Morgan fingerprint density at radius 3 is 2.76 bits per heavy atom. The summed E-state index contributed by atoms with van der Waals surface area (Å²) in [5, 5.41) is 11.9. The van der Waals surface area contributed by atoms with E-state index in [1.165, 1.54) is 0 Å². The Kier molecular flexibility index (Phi) is 3.98. The molecule has 1 aromatic carbocycles. The Bertz CT molecular complexity index is 369. The number of anilines is 1. The molecule has 2 N–H and O–H groups in total. The molecule has 0 spiro atoms. The molecule has 1 aliphatic heterocycles. The van der Waals surface area contributed by atoms with Crippen LogP contribution >= 0.6 is 0 Å². The van der Waals surface area contributed by atoms with Crippen molar-refractivity contribution in [1.29, 1.82) is 0 Å². The zero-order valence-corrected chi connectivity index (χ0v) is 9.69. The van der Waals surface area contributed by atoms with Crippen molar-refractivity contribution in [3.05, 3.63) is 24.3 Å². The van der Waals surface area contributed by atoms with E-state index in [0.717, 1.165) is 25.9 Å². The molecule has 1 aliphatic rings. The molecule has 92 valence electrons. The third-order valence-electron chi connectivity index (χ3n) is 2.84. The highest BCUT2D eigenvalue weighted by molar-refractivity contribution is 5.91. The van der Waals surface area contributed by atoms with Gasteiger partial charge in [0.05, 0.1) is 12.5 Å². The van der Waals surface area contributed by atoms with Gasteiger partial charge in [0.2, 0.25) is 5.91 Å². The van der Waals surface area contributed by atoms with Crippen molar-refractivity contribution >= 4 is 11.6 Å². The van der Waals surface area contributed by atoms with Crippen LogP contribution in [0.3, 0.4) is 0 Å². The van der Waals surface area contributed by atoms with Gasteiger partial charge in [-0.3, -0.25) is 4.79 Å². The first-order valence-electron chi connectivity index (χ1n) is 5.94. The smallest absolute Gasteiger partial charge is 0.226 e. The lowest BCUT2D eigenvalue weighted by Gasteiger charge is -2.21. The monoisotopic (exact) mass is 235 g/mol. The first-order chi connectivity index (χ1) is 8.24. The van der Waals surface area contributed by atoms with Crippen molar-refractivity contribution in [3.63, 3.8) is 0 Å². The van der Waals surface area contributed by atoms with E-state index in [1.54, 1.807) is 24.3 Å². The van der Waals surface area contributed by atoms with Crippen molar-refractivity contribution in [2.45, 2.75) is 31.8 Å². The molecule has 1 heterocycles. The molecular formula is C13H17NO3. The fourth-order valence-corrected chi connectivity index (χ4v) is 1.93. The van der Waals surface area contributed by atoms with Gasteiger partial charge in [0.15, 0.2) is 0 Å². The average Bonchev–Trinajstić information content (AvgIpc) is 2.33. The highest BCUT2D eigenvalue weighted by Crippen LogP contribution is 2.17. The van der Waals surface area contributed by atoms with Crippen LogP contribution in [0.15, 0.2) is 24.3 Å². The van der Waals surface area contributed by atoms with Gasteiger partial charge in [-0.2, -0.15) is 0 Å². The Labute approximate surface area is 101 Å². The molecule has 0 aromatic heterocycles. The van der Waals surface area contributed by atoms with Crippen molar-refractivity contribution < 1.29 is 14.6 Å². The summed E-state index contributed by atoms with van der Waals surface area (Å²) < 4.78 is 5.50. The molecule has 1 fully saturated rings. The van der Waals surface area contributed by atoms with Gasteiger partial charge in [-0.15, -0.1) is 0 Å². The van der Waals surface area contributed by atoms with Gasteiger partial charge in [0.25, 0.3) is 0 Å². The SMILES string of the molecule is O=C(CC1CCCCO1)Nc1ccc(O)cc1. The number of benzene rings is 1. The van der Waals surface area contributed by atoms with Crippen LogP contribution in [0, 0.1) is 0 Å².